The van der Waals surface area contributed by atoms with E-state index < -0.39 is 0 Å². The van der Waals surface area contributed by atoms with Gasteiger partial charge in [-0.25, -0.2) is 0 Å². The van der Waals surface area contributed by atoms with E-state index in [-0.39, 0.29) is 0 Å². The molecule has 0 aromatic heterocycles. The van der Waals surface area contributed by atoms with Gasteiger partial charge in [0.05, 0.1) is 0 Å². The topological polar surface area (TPSA) is 32.3 Å². The number of rotatable bonds is 4. The van der Waals surface area contributed by atoms with Gasteiger partial charge in [0.1, 0.15) is 0 Å². The van der Waals surface area contributed by atoms with Crippen LogP contribution < -0.4 is 5.32 Å². The van der Waals surface area contributed by atoms with Gasteiger partial charge in [0.25, 0.3) is 0 Å². The monoisotopic (exact) mass is 212 g/mol. The molecule has 1 unspecified atom stereocenters. The molecule has 0 spiro atoms. The molecule has 15 heavy (non-hydrogen) atoms. The first kappa shape index (κ1) is 12.5. The first-order valence-electron chi connectivity index (χ1n) is 6.19. The van der Waals surface area contributed by atoms with Gasteiger partial charge in [0.15, 0.2) is 0 Å². The van der Waals surface area contributed by atoms with Crippen molar-refractivity contribution in [1.82, 2.24) is 10.2 Å². The summed E-state index contributed by atoms with van der Waals surface area (Å²) in [5.74, 6) is 0.347. The van der Waals surface area contributed by atoms with Gasteiger partial charge in [-0.05, 0) is 39.8 Å². The SMILES string of the molecule is CNCCCC(=O)N1CCCCCC1C. The Labute approximate surface area is 93.2 Å². The molecule has 3 nitrogen and oxygen atoms in total. The lowest BCUT2D eigenvalue weighted by Crippen LogP contribution is -2.38. The quantitative estimate of drug-likeness (QED) is 0.720. The lowest BCUT2D eigenvalue weighted by Gasteiger charge is -2.27. The molecule has 1 aliphatic heterocycles. The van der Waals surface area contributed by atoms with E-state index in [0.29, 0.717) is 18.4 Å². The van der Waals surface area contributed by atoms with Crippen LogP contribution in [0.25, 0.3) is 0 Å². The number of hydrogen-bond donors (Lipinski definition) is 1. The summed E-state index contributed by atoms with van der Waals surface area (Å²) in [6.07, 6.45) is 6.58. The van der Waals surface area contributed by atoms with Crippen molar-refractivity contribution in [2.75, 3.05) is 20.1 Å². The predicted octanol–water partition coefficient (Wildman–Crippen LogP) is 1.78. The number of carbonyl (C=O) groups excluding carboxylic acids is 1. The second kappa shape index (κ2) is 6.83. The number of hydrogen-bond acceptors (Lipinski definition) is 2. The van der Waals surface area contributed by atoms with Gasteiger partial charge in [-0.1, -0.05) is 12.8 Å². The maximum atomic E-state index is 11.9. The van der Waals surface area contributed by atoms with Crippen LogP contribution in [-0.4, -0.2) is 37.0 Å². The largest absolute Gasteiger partial charge is 0.340 e. The number of likely N-dealkylation sites (tertiary alicyclic amines) is 1. The zero-order chi connectivity index (χ0) is 11.1. The van der Waals surface area contributed by atoms with Crippen LogP contribution in [0.1, 0.15) is 45.4 Å². The van der Waals surface area contributed by atoms with Gasteiger partial charge in [0, 0.05) is 19.0 Å². The highest BCUT2D eigenvalue weighted by atomic mass is 16.2. The summed E-state index contributed by atoms with van der Waals surface area (Å²) >= 11 is 0. The van der Waals surface area contributed by atoms with Crippen molar-refractivity contribution in [2.24, 2.45) is 0 Å². The summed E-state index contributed by atoms with van der Waals surface area (Å²) in [5.41, 5.74) is 0. The summed E-state index contributed by atoms with van der Waals surface area (Å²) < 4.78 is 0. The molecule has 1 N–H and O–H groups in total. The van der Waals surface area contributed by atoms with Gasteiger partial charge in [-0.2, -0.15) is 0 Å². The molecule has 1 heterocycles. The maximum Gasteiger partial charge on any atom is 0.222 e. The lowest BCUT2D eigenvalue weighted by atomic mass is 10.1. The fourth-order valence-corrected chi connectivity index (χ4v) is 2.21. The van der Waals surface area contributed by atoms with Gasteiger partial charge in [-0.3, -0.25) is 4.79 Å². The standard InChI is InChI=1S/C12H24N2O/c1-11-7-4-3-5-10-14(11)12(15)8-6-9-13-2/h11,13H,3-10H2,1-2H3. The van der Waals surface area contributed by atoms with Crippen molar-refractivity contribution in [3.8, 4) is 0 Å². The number of nitrogens with zero attached hydrogens (tertiary/aromatic N) is 1. The molecule has 0 aliphatic carbocycles. The van der Waals surface area contributed by atoms with Crippen LogP contribution in [0.2, 0.25) is 0 Å². The summed E-state index contributed by atoms with van der Waals surface area (Å²) in [5, 5.41) is 3.08. The minimum atomic E-state index is 0.347. The molecule has 88 valence electrons. The van der Waals surface area contributed by atoms with Crippen LogP contribution in [0.15, 0.2) is 0 Å². The van der Waals surface area contributed by atoms with E-state index in [4.69, 9.17) is 0 Å². The molecule has 3 heteroatoms. The smallest absolute Gasteiger partial charge is 0.222 e. The Morgan fingerprint density at radius 3 is 2.93 bits per heavy atom. The van der Waals surface area contributed by atoms with Crippen LogP contribution >= 0.6 is 0 Å². The zero-order valence-electron chi connectivity index (χ0n) is 10.1. The Kier molecular flexibility index (Phi) is 5.69. The second-order valence-corrected chi connectivity index (χ2v) is 4.49. The van der Waals surface area contributed by atoms with E-state index in [1.165, 1.54) is 25.7 Å². The summed E-state index contributed by atoms with van der Waals surface area (Å²) in [6, 6.07) is 0.453. The molecule has 0 aromatic carbocycles. The minimum Gasteiger partial charge on any atom is -0.340 e. The highest BCUT2D eigenvalue weighted by Crippen LogP contribution is 2.17. The molecule has 1 atom stereocenters. The number of nitrogens with one attached hydrogen (secondary N) is 1. The van der Waals surface area contributed by atoms with Crippen LogP contribution in [0.3, 0.4) is 0 Å². The third kappa shape index (κ3) is 4.20. The Morgan fingerprint density at radius 2 is 2.20 bits per heavy atom. The number of amides is 1. The fraction of sp³-hybridized carbons (Fsp3) is 0.917. The van der Waals surface area contributed by atoms with Crippen molar-refractivity contribution in [1.29, 1.82) is 0 Å². The summed E-state index contributed by atoms with van der Waals surface area (Å²) in [6.45, 7) is 4.09. The fourth-order valence-electron chi connectivity index (χ4n) is 2.21. The van der Waals surface area contributed by atoms with Crippen LogP contribution in [-0.2, 0) is 4.79 Å². The van der Waals surface area contributed by atoms with Gasteiger partial charge >= 0.3 is 0 Å². The predicted molar refractivity (Wildman–Crippen MR) is 62.8 cm³/mol. The van der Waals surface area contributed by atoms with Gasteiger partial charge in [0.2, 0.25) is 5.91 Å². The van der Waals surface area contributed by atoms with E-state index in [9.17, 15) is 4.79 Å². The van der Waals surface area contributed by atoms with Crippen molar-refractivity contribution >= 4 is 5.91 Å². The molecule has 1 amide bonds. The third-order valence-corrected chi connectivity index (χ3v) is 3.19. The Bertz CT molecular complexity index is 194. The Hall–Kier alpha value is -0.570. The zero-order valence-corrected chi connectivity index (χ0v) is 10.1. The minimum absolute atomic E-state index is 0.347. The van der Waals surface area contributed by atoms with Crippen molar-refractivity contribution < 1.29 is 4.79 Å². The van der Waals surface area contributed by atoms with Gasteiger partial charge in [-0.15, -0.1) is 0 Å². The van der Waals surface area contributed by atoms with Crippen molar-refractivity contribution in [3.05, 3.63) is 0 Å². The molecule has 0 bridgehead atoms. The number of carbonyl (C=O) groups is 1. The Morgan fingerprint density at radius 1 is 1.40 bits per heavy atom. The van der Waals surface area contributed by atoms with Gasteiger partial charge < -0.3 is 10.2 Å². The maximum absolute atomic E-state index is 11.9. The molecular formula is C12H24N2O. The van der Waals surface area contributed by atoms with E-state index in [0.717, 1.165) is 19.5 Å². The molecule has 1 rings (SSSR count). The first-order valence-corrected chi connectivity index (χ1v) is 6.19. The molecule has 1 aliphatic rings. The molecule has 1 saturated heterocycles. The average molecular weight is 212 g/mol. The molecular weight excluding hydrogens is 188 g/mol. The second-order valence-electron chi connectivity index (χ2n) is 4.49. The van der Waals surface area contributed by atoms with Crippen molar-refractivity contribution in [3.63, 3.8) is 0 Å². The van der Waals surface area contributed by atoms with Crippen LogP contribution in [0.5, 0.6) is 0 Å². The normalized spacial score (nSPS) is 22.5. The van der Waals surface area contributed by atoms with E-state index in [1.807, 2.05) is 7.05 Å². The summed E-state index contributed by atoms with van der Waals surface area (Å²) in [4.78, 5) is 14.0. The molecule has 1 fully saturated rings. The Balaban J connectivity index is 2.34. The van der Waals surface area contributed by atoms with Crippen molar-refractivity contribution in [2.45, 2.75) is 51.5 Å². The summed E-state index contributed by atoms with van der Waals surface area (Å²) in [7, 11) is 1.93. The average Bonchev–Trinajstić information content (AvgIpc) is 2.43. The lowest BCUT2D eigenvalue weighted by molar-refractivity contribution is -0.133. The van der Waals surface area contributed by atoms with Crippen LogP contribution in [0, 0.1) is 0 Å². The van der Waals surface area contributed by atoms with E-state index >= 15 is 0 Å². The molecule has 0 radical (unpaired) electrons. The van der Waals surface area contributed by atoms with E-state index in [2.05, 4.69) is 17.1 Å². The first-order chi connectivity index (χ1) is 7.25. The third-order valence-electron chi connectivity index (χ3n) is 3.19. The van der Waals surface area contributed by atoms with E-state index in [1.54, 1.807) is 0 Å². The highest BCUT2D eigenvalue weighted by molar-refractivity contribution is 5.76. The van der Waals surface area contributed by atoms with Crippen LogP contribution in [0.4, 0.5) is 0 Å². The molecule has 0 saturated carbocycles. The molecule has 0 aromatic rings. The highest BCUT2D eigenvalue weighted by Gasteiger charge is 2.20.